The molecule has 0 spiro atoms. The third-order valence-corrected chi connectivity index (χ3v) is 4.83. The first-order chi connectivity index (χ1) is 11.1. The molecule has 0 bridgehead atoms. The Morgan fingerprint density at radius 1 is 0.826 bits per heavy atom. The van der Waals surface area contributed by atoms with Crippen molar-refractivity contribution in [1.29, 1.82) is 0 Å². The van der Waals surface area contributed by atoms with Crippen molar-refractivity contribution in [3.63, 3.8) is 0 Å². The van der Waals surface area contributed by atoms with Crippen molar-refractivity contribution in [3.05, 3.63) is 78.5 Å². The van der Waals surface area contributed by atoms with Crippen LogP contribution in [-0.4, -0.2) is 13.4 Å². The Kier molecular flexibility index (Phi) is 4.12. The molecule has 0 amide bonds. The molecule has 23 heavy (non-hydrogen) atoms. The zero-order chi connectivity index (χ0) is 16.3. The number of nitrogens with one attached hydrogen (secondary N) is 1. The van der Waals surface area contributed by atoms with Crippen molar-refractivity contribution in [3.8, 4) is 11.3 Å². The summed E-state index contributed by atoms with van der Waals surface area (Å²) in [4.78, 5) is 4.72. The Morgan fingerprint density at radius 3 is 2.04 bits per heavy atom. The van der Waals surface area contributed by atoms with Crippen LogP contribution in [0.2, 0.25) is 0 Å². The highest BCUT2D eigenvalue weighted by Gasteiger charge is 2.15. The van der Waals surface area contributed by atoms with E-state index in [9.17, 15) is 8.42 Å². The number of nitrogens with zero attached hydrogens (tertiary/aromatic N) is 1. The van der Waals surface area contributed by atoms with Gasteiger partial charge in [-0.05, 0) is 31.2 Å². The Labute approximate surface area is 135 Å². The molecule has 0 saturated heterocycles. The number of aryl methyl sites for hydroxylation is 1. The van der Waals surface area contributed by atoms with Gasteiger partial charge in [0.2, 0.25) is 0 Å². The van der Waals surface area contributed by atoms with Crippen molar-refractivity contribution in [2.75, 3.05) is 4.72 Å². The summed E-state index contributed by atoms with van der Waals surface area (Å²) in [5.41, 5.74) is 2.92. The smallest absolute Gasteiger partial charge is 0.261 e. The van der Waals surface area contributed by atoms with Crippen LogP contribution in [0, 0.1) is 6.92 Å². The van der Waals surface area contributed by atoms with E-state index in [2.05, 4.69) is 9.71 Å². The molecule has 1 N–H and O–H groups in total. The number of sulfonamides is 1. The van der Waals surface area contributed by atoms with Gasteiger partial charge in [-0.3, -0.25) is 9.71 Å². The van der Waals surface area contributed by atoms with Gasteiger partial charge < -0.3 is 0 Å². The van der Waals surface area contributed by atoms with Crippen molar-refractivity contribution in [2.24, 2.45) is 0 Å². The van der Waals surface area contributed by atoms with Crippen LogP contribution in [0.4, 0.5) is 5.69 Å². The first kappa shape index (κ1) is 15.2. The summed E-state index contributed by atoms with van der Waals surface area (Å²) >= 11 is 0. The van der Waals surface area contributed by atoms with Crippen molar-refractivity contribution in [2.45, 2.75) is 11.8 Å². The molecule has 1 heterocycles. The first-order valence-corrected chi connectivity index (χ1v) is 8.65. The monoisotopic (exact) mass is 324 g/mol. The van der Waals surface area contributed by atoms with Crippen molar-refractivity contribution in [1.82, 2.24) is 4.98 Å². The van der Waals surface area contributed by atoms with Gasteiger partial charge in [-0.2, -0.15) is 0 Å². The lowest BCUT2D eigenvalue weighted by molar-refractivity contribution is 0.601. The molecule has 0 unspecified atom stereocenters. The third kappa shape index (κ3) is 3.40. The zero-order valence-electron chi connectivity index (χ0n) is 12.6. The van der Waals surface area contributed by atoms with Gasteiger partial charge in [-0.1, -0.05) is 48.5 Å². The molecular formula is C18H16N2O2S. The second-order valence-electron chi connectivity index (χ2n) is 5.11. The predicted molar refractivity (Wildman–Crippen MR) is 91.7 cm³/mol. The van der Waals surface area contributed by atoms with E-state index in [4.69, 9.17) is 0 Å². The molecule has 0 radical (unpaired) electrons. The van der Waals surface area contributed by atoms with E-state index in [0.29, 0.717) is 11.4 Å². The Bertz CT molecular complexity index is 908. The Morgan fingerprint density at radius 2 is 1.43 bits per heavy atom. The molecule has 116 valence electrons. The first-order valence-electron chi connectivity index (χ1n) is 7.17. The second kappa shape index (κ2) is 6.22. The van der Waals surface area contributed by atoms with Crippen LogP contribution in [0.1, 0.15) is 5.69 Å². The summed E-state index contributed by atoms with van der Waals surface area (Å²) < 4.78 is 27.3. The minimum atomic E-state index is -3.60. The minimum absolute atomic E-state index is 0.228. The number of hydrogen-bond acceptors (Lipinski definition) is 3. The molecule has 0 aliphatic rings. The summed E-state index contributed by atoms with van der Waals surface area (Å²) in [6.07, 6.45) is 0. The lowest BCUT2D eigenvalue weighted by Crippen LogP contribution is -2.14. The van der Waals surface area contributed by atoms with Gasteiger partial charge in [-0.25, -0.2) is 8.42 Å². The molecule has 0 saturated carbocycles. The summed E-state index contributed by atoms with van der Waals surface area (Å²) in [7, 11) is -3.60. The molecule has 0 aliphatic carbocycles. The van der Waals surface area contributed by atoms with E-state index in [-0.39, 0.29) is 4.90 Å². The van der Waals surface area contributed by atoms with E-state index < -0.39 is 10.0 Å². The SMILES string of the molecule is Cc1nc(-c2ccccc2)ccc1NS(=O)(=O)c1ccccc1. The van der Waals surface area contributed by atoms with E-state index in [1.807, 2.05) is 36.4 Å². The van der Waals surface area contributed by atoms with E-state index >= 15 is 0 Å². The van der Waals surface area contributed by atoms with E-state index in [0.717, 1.165) is 11.3 Å². The van der Waals surface area contributed by atoms with Crippen LogP contribution in [0.5, 0.6) is 0 Å². The van der Waals surface area contributed by atoms with Crippen LogP contribution in [0.15, 0.2) is 77.7 Å². The van der Waals surface area contributed by atoms with Crippen molar-refractivity contribution >= 4 is 15.7 Å². The lowest BCUT2D eigenvalue weighted by Gasteiger charge is -2.11. The van der Waals surface area contributed by atoms with Gasteiger partial charge in [0.25, 0.3) is 10.0 Å². The normalized spacial score (nSPS) is 11.2. The number of benzene rings is 2. The molecule has 3 aromatic rings. The number of pyridine rings is 1. The van der Waals surface area contributed by atoms with Gasteiger partial charge in [0.1, 0.15) is 0 Å². The molecule has 2 aromatic carbocycles. The fourth-order valence-corrected chi connectivity index (χ4v) is 3.38. The average molecular weight is 324 g/mol. The van der Waals surface area contributed by atoms with E-state index in [1.165, 1.54) is 0 Å². The maximum Gasteiger partial charge on any atom is 0.261 e. The van der Waals surface area contributed by atoms with Gasteiger partial charge in [-0.15, -0.1) is 0 Å². The second-order valence-corrected chi connectivity index (χ2v) is 6.80. The van der Waals surface area contributed by atoms with Crippen LogP contribution >= 0.6 is 0 Å². The maximum absolute atomic E-state index is 12.4. The molecule has 0 fully saturated rings. The van der Waals surface area contributed by atoms with Crippen LogP contribution in [0.3, 0.4) is 0 Å². The topological polar surface area (TPSA) is 59.1 Å². The molecular weight excluding hydrogens is 308 g/mol. The summed E-state index contributed by atoms with van der Waals surface area (Å²) in [6.45, 7) is 1.79. The Hall–Kier alpha value is -2.66. The highest BCUT2D eigenvalue weighted by atomic mass is 32.2. The van der Waals surface area contributed by atoms with Crippen LogP contribution in [-0.2, 0) is 10.0 Å². The predicted octanol–water partition coefficient (Wildman–Crippen LogP) is 3.86. The van der Waals surface area contributed by atoms with Gasteiger partial charge in [0.05, 0.1) is 22.0 Å². The minimum Gasteiger partial charge on any atom is -0.278 e. The average Bonchev–Trinajstić information content (AvgIpc) is 2.58. The molecule has 0 atom stereocenters. The fraction of sp³-hybridized carbons (Fsp3) is 0.0556. The largest absolute Gasteiger partial charge is 0.278 e. The summed E-state index contributed by atoms with van der Waals surface area (Å²) in [6, 6.07) is 21.6. The lowest BCUT2D eigenvalue weighted by atomic mass is 10.1. The fourth-order valence-electron chi connectivity index (χ4n) is 2.24. The molecule has 4 nitrogen and oxygen atoms in total. The van der Waals surface area contributed by atoms with Gasteiger partial charge in [0.15, 0.2) is 0 Å². The van der Waals surface area contributed by atoms with Crippen LogP contribution in [0.25, 0.3) is 11.3 Å². The molecule has 3 rings (SSSR count). The third-order valence-electron chi connectivity index (χ3n) is 3.45. The molecule has 0 aliphatic heterocycles. The summed E-state index contributed by atoms with van der Waals surface area (Å²) in [5, 5.41) is 0. The van der Waals surface area contributed by atoms with Gasteiger partial charge in [0, 0.05) is 5.56 Å². The Balaban J connectivity index is 1.90. The molecule has 5 heteroatoms. The number of aromatic nitrogens is 1. The number of rotatable bonds is 4. The van der Waals surface area contributed by atoms with Gasteiger partial charge >= 0.3 is 0 Å². The van der Waals surface area contributed by atoms with Crippen molar-refractivity contribution < 1.29 is 8.42 Å². The summed E-state index contributed by atoms with van der Waals surface area (Å²) in [5.74, 6) is 0. The quantitative estimate of drug-likeness (QED) is 0.793. The standard InChI is InChI=1S/C18H16N2O2S/c1-14-17(20-23(21,22)16-10-6-3-7-11-16)12-13-18(19-14)15-8-4-2-5-9-15/h2-13,20H,1H3. The number of hydrogen-bond donors (Lipinski definition) is 1. The highest BCUT2D eigenvalue weighted by Crippen LogP contribution is 2.23. The molecule has 1 aromatic heterocycles. The number of anilines is 1. The zero-order valence-corrected chi connectivity index (χ0v) is 13.4. The maximum atomic E-state index is 12.4. The van der Waals surface area contributed by atoms with E-state index in [1.54, 1.807) is 43.3 Å². The van der Waals surface area contributed by atoms with Crippen LogP contribution < -0.4 is 4.72 Å². The highest BCUT2D eigenvalue weighted by molar-refractivity contribution is 7.92.